The van der Waals surface area contributed by atoms with Gasteiger partial charge in [0.25, 0.3) is 0 Å². The van der Waals surface area contributed by atoms with Crippen LogP contribution in [0, 0.1) is 0 Å². The lowest BCUT2D eigenvalue weighted by Gasteiger charge is -2.07. The van der Waals surface area contributed by atoms with E-state index in [1.54, 1.807) is 0 Å². The second kappa shape index (κ2) is 3.45. The van der Waals surface area contributed by atoms with Crippen LogP contribution in [0.1, 0.15) is 16.1 Å². The highest BCUT2D eigenvalue weighted by Crippen LogP contribution is 2.33. The van der Waals surface area contributed by atoms with Gasteiger partial charge in [0.05, 0.1) is 4.47 Å². The zero-order valence-electron chi connectivity index (χ0n) is 6.10. The van der Waals surface area contributed by atoms with Crippen LogP contribution in [0.3, 0.4) is 0 Å². The molecule has 70 valence electrons. The molecule has 0 N–H and O–H groups in total. The molecular weight excluding hydrogens is 251 g/mol. The smallest absolute Gasteiger partial charge is 0.298 e. The maximum Gasteiger partial charge on any atom is 0.434 e. The van der Waals surface area contributed by atoms with Crippen molar-refractivity contribution in [3.05, 3.63) is 28.0 Å². The number of rotatable bonds is 1. The average Bonchev–Trinajstić information content (AvgIpc) is 2.02. The Bertz CT molecular complexity index is 337. The first-order valence-corrected chi connectivity index (χ1v) is 3.93. The molecule has 0 aromatic carbocycles. The summed E-state index contributed by atoms with van der Waals surface area (Å²) < 4.78 is 36.1. The van der Waals surface area contributed by atoms with Crippen molar-refractivity contribution in [3.63, 3.8) is 0 Å². The maximum atomic E-state index is 12.2. The molecule has 0 bridgehead atoms. The third-order valence-electron chi connectivity index (χ3n) is 1.31. The Morgan fingerprint density at radius 3 is 2.54 bits per heavy atom. The van der Waals surface area contributed by atoms with Crippen molar-refractivity contribution in [1.82, 2.24) is 4.98 Å². The van der Waals surface area contributed by atoms with Crippen LogP contribution < -0.4 is 0 Å². The van der Waals surface area contributed by atoms with Crippen molar-refractivity contribution in [2.75, 3.05) is 0 Å². The number of aromatic nitrogens is 1. The summed E-state index contributed by atoms with van der Waals surface area (Å²) in [6, 6.07) is 1.20. The van der Waals surface area contributed by atoms with E-state index in [9.17, 15) is 18.0 Å². The molecule has 1 aromatic rings. The normalized spacial score (nSPS) is 11.4. The Morgan fingerprint density at radius 1 is 1.46 bits per heavy atom. The highest BCUT2D eigenvalue weighted by Gasteiger charge is 2.35. The van der Waals surface area contributed by atoms with Gasteiger partial charge in [0.2, 0.25) is 0 Å². The van der Waals surface area contributed by atoms with Crippen LogP contribution in [0.25, 0.3) is 0 Å². The van der Waals surface area contributed by atoms with E-state index in [0.717, 1.165) is 6.20 Å². The van der Waals surface area contributed by atoms with Gasteiger partial charge >= 0.3 is 6.18 Å². The Morgan fingerprint density at radius 2 is 2.08 bits per heavy atom. The lowest BCUT2D eigenvalue weighted by atomic mass is 10.2. The number of aldehydes is 1. The number of carbonyl (C=O) groups is 1. The van der Waals surface area contributed by atoms with E-state index in [1.165, 1.54) is 6.07 Å². The first-order valence-electron chi connectivity index (χ1n) is 3.13. The predicted molar refractivity (Wildman–Crippen MR) is 42.3 cm³/mol. The third kappa shape index (κ3) is 2.06. The maximum absolute atomic E-state index is 12.2. The number of hydrogen-bond acceptors (Lipinski definition) is 2. The third-order valence-corrected chi connectivity index (χ3v) is 2.15. The summed E-state index contributed by atoms with van der Waals surface area (Å²) in [7, 11) is 0. The van der Waals surface area contributed by atoms with E-state index in [-0.39, 0.29) is 10.0 Å². The molecule has 1 rings (SSSR count). The number of nitrogens with zero attached hydrogens (tertiary/aromatic N) is 1. The van der Waals surface area contributed by atoms with Crippen LogP contribution in [0.4, 0.5) is 13.2 Å². The summed E-state index contributed by atoms with van der Waals surface area (Å²) in [5.41, 5.74) is -1.15. The highest BCUT2D eigenvalue weighted by atomic mass is 79.9. The average molecular weight is 254 g/mol. The Labute approximate surface area is 79.9 Å². The fourth-order valence-electron chi connectivity index (χ4n) is 0.747. The monoisotopic (exact) mass is 253 g/mol. The fourth-order valence-corrected chi connectivity index (χ4v) is 1.30. The molecule has 6 heteroatoms. The molecular formula is C7H3BrF3NO. The van der Waals surface area contributed by atoms with E-state index in [0.29, 0.717) is 6.29 Å². The predicted octanol–water partition coefficient (Wildman–Crippen LogP) is 2.68. The van der Waals surface area contributed by atoms with Crippen molar-refractivity contribution in [2.45, 2.75) is 6.18 Å². The van der Waals surface area contributed by atoms with E-state index >= 15 is 0 Å². The molecule has 0 saturated heterocycles. The lowest BCUT2D eigenvalue weighted by Crippen LogP contribution is -2.09. The van der Waals surface area contributed by atoms with Crippen LogP contribution in [0.5, 0.6) is 0 Å². The zero-order valence-corrected chi connectivity index (χ0v) is 7.69. The van der Waals surface area contributed by atoms with Crippen molar-refractivity contribution in [1.29, 1.82) is 0 Å². The van der Waals surface area contributed by atoms with Gasteiger partial charge < -0.3 is 0 Å². The minimum atomic E-state index is -4.54. The lowest BCUT2D eigenvalue weighted by molar-refractivity contribution is -0.141. The van der Waals surface area contributed by atoms with Gasteiger partial charge in [-0.2, -0.15) is 13.2 Å². The van der Waals surface area contributed by atoms with Gasteiger partial charge in [-0.05, 0) is 22.0 Å². The molecule has 2 nitrogen and oxygen atoms in total. The van der Waals surface area contributed by atoms with Crippen LogP contribution in [0.15, 0.2) is 16.7 Å². The molecule has 0 aliphatic carbocycles. The number of pyridine rings is 1. The molecule has 0 fully saturated rings. The van der Waals surface area contributed by atoms with Gasteiger partial charge in [-0.3, -0.25) is 9.78 Å². The first kappa shape index (κ1) is 10.2. The van der Waals surface area contributed by atoms with E-state index in [1.807, 2.05) is 0 Å². The quantitative estimate of drug-likeness (QED) is 0.721. The summed E-state index contributed by atoms with van der Waals surface area (Å²) in [6.45, 7) is 0. The Balaban J connectivity index is 3.32. The molecule has 0 radical (unpaired) electrons. The van der Waals surface area contributed by atoms with Gasteiger partial charge in [-0.25, -0.2) is 0 Å². The first-order chi connectivity index (χ1) is 5.96. The van der Waals surface area contributed by atoms with Gasteiger partial charge in [-0.1, -0.05) is 0 Å². The molecule has 13 heavy (non-hydrogen) atoms. The summed E-state index contributed by atoms with van der Waals surface area (Å²) in [5.74, 6) is 0. The van der Waals surface area contributed by atoms with Crippen molar-refractivity contribution in [3.8, 4) is 0 Å². The van der Waals surface area contributed by atoms with Crippen molar-refractivity contribution in [2.24, 2.45) is 0 Å². The summed E-state index contributed by atoms with van der Waals surface area (Å²) in [4.78, 5) is 13.4. The van der Waals surface area contributed by atoms with Crippen LogP contribution in [-0.2, 0) is 6.18 Å². The Kier molecular flexibility index (Phi) is 2.70. The van der Waals surface area contributed by atoms with Gasteiger partial charge in [-0.15, -0.1) is 0 Å². The van der Waals surface area contributed by atoms with E-state index in [4.69, 9.17) is 0 Å². The molecule has 0 saturated carbocycles. The van der Waals surface area contributed by atoms with Gasteiger partial charge in [0.1, 0.15) is 0 Å². The van der Waals surface area contributed by atoms with Crippen LogP contribution in [-0.4, -0.2) is 11.3 Å². The van der Waals surface area contributed by atoms with Gasteiger partial charge in [0.15, 0.2) is 12.0 Å². The second-order valence-corrected chi connectivity index (χ2v) is 2.97. The molecule has 0 aliphatic heterocycles. The molecule has 0 spiro atoms. The summed E-state index contributed by atoms with van der Waals surface area (Å²) >= 11 is 2.66. The van der Waals surface area contributed by atoms with Gasteiger partial charge in [0, 0.05) is 11.8 Å². The largest absolute Gasteiger partial charge is 0.434 e. The zero-order chi connectivity index (χ0) is 10.1. The van der Waals surface area contributed by atoms with Crippen molar-refractivity contribution < 1.29 is 18.0 Å². The minimum Gasteiger partial charge on any atom is -0.298 e. The molecule has 0 unspecified atom stereocenters. The van der Waals surface area contributed by atoms with E-state index in [2.05, 4.69) is 20.9 Å². The van der Waals surface area contributed by atoms with Crippen LogP contribution >= 0.6 is 15.9 Å². The molecule has 0 amide bonds. The SMILES string of the molecule is O=Cc1ccnc(C(F)(F)F)c1Br. The molecule has 1 heterocycles. The van der Waals surface area contributed by atoms with Crippen LogP contribution in [0.2, 0.25) is 0 Å². The second-order valence-electron chi connectivity index (χ2n) is 2.18. The Hall–Kier alpha value is -0.910. The summed E-state index contributed by atoms with van der Waals surface area (Å²) in [6.07, 6.45) is -3.27. The van der Waals surface area contributed by atoms with Crippen molar-refractivity contribution >= 4 is 22.2 Å². The summed E-state index contributed by atoms with van der Waals surface area (Å²) in [5, 5.41) is 0. The standard InChI is InChI=1S/C7H3BrF3NO/c8-5-4(3-13)1-2-12-6(5)7(9,10)11/h1-3H. The number of halogens is 4. The minimum absolute atomic E-state index is 0.0673. The van der Waals surface area contributed by atoms with E-state index < -0.39 is 11.9 Å². The number of alkyl halides is 3. The molecule has 0 atom stereocenters. The number of hydrogen-bond donors (Lipinski definition) is 0. The molecule has 1 aromatic heterocycles. The topological polar surface area (TPSA) is 30.0 Å². The fraction of sp³-hybridized carbons (Fsp3) is 0.143. The number of carbonyl (C=O) groups excluding carboxylic acids is 1. The molecule has 0 aliphatic rings. The highest BCUT2D eigenvalue weighted by molar-refractivity contribution is 9.10.